The van der Waals surface area contributed by atoms with Crippen molar-refractivity contribution in [3.05, 3.63) is 11.6 Å². The fourth-order valence-electron chi connectivity index (χ4n) is 0.369. The van der Waals surface area contributed by atoms with Crippen LogP contribution in [0.25, 0.3) is 0 Å². The predicted octanol–water partition coefficient (Wildman–Crippen LogP) is 1.64. The van der Waals surface area contributed by atoms with Crippen LogP contribution in [0, 0.1) is 0 Å². The predicted molar refractivity (Wildman–Crippen MR) is 46.4 cm³/mol. The molecule has 10 heavy (non-hydrogen) atoms. The summed E-state index contributed by atoms with van der Waals surface area (Å²) in [5.74, 6) is -0.0151. The van der Waals surface area contributed by atoms with E-state index in [1.807, 2.05) is 0 Å². The molecule has 0 atom stereocenters. The van der Waals surface area contributed by atoms with Crippen molar-refractivity contribution in [1.29, 1.82) is 0 Å². The van der Waals surface area contributed by atoms with Crippen LogP contribution in [0.15, 0.2) is 11.6 Å². The largest absolute Gasteiger partial charge is 0.351 e. The van der Waals surface area contributed by atoms with Crippen molar-refractivity contribution < 1.29 is 4.79 Å². The fraction of sp³-hybridized carbons (Fsp3) is 0.500. The molecule has 0 heterocycles. The molecule has 0 aliphatic rings. The van der Waals surface area contributed by atoms with Gasteiger partial charge in [-0.15, -0.1) is 0 Å². The molecule has 0 fully saturated rings. The highest BCUT2D eigenvalue weighted by Crippen LogP contribution is 1.93. The lowest BCUT2D eigenvalue weighted by Crippen LogP contribution is -2.24. The van der Waals surface area contributed by atoms with Gasteiger partial charge in [-0.05, 0) is 0 Å². The second-order valence-corrected chi connectivity index (χ2v) is 3.06. The monoisotopic (exact) mass is 225 g/mol. The van der Waals surface area contributed by atoms with Gasteiger partial charge in [-0.3, -0.25) is 4.79 Å². The molecule has 0 aromatic rings. The summed E-state index contributed by atoms with van der Waals surface area (Å²) in [4.78, 5) is 10.7. The number of alkyl halides is 1. The average Bonchev–Trinajstić information content (AvgIpc) is 1.85. The summed E-state index contributed by atoms with van der Waals surface area (Å²) >= 11 is 8.54. The number of carbonyl (C=O) groups excluding carboxylic acids is 1. The summed E-state index contributed by atoms with van der Waals surface area (Å²) < 4.78 is 0. The molecule has 0 aromatic heterocycles. The maximum atomic E-state index is 10.7. The number of halogens is 2. The first-order chi connectivity index (χ1) is 4.66. The van der Waals surface area contributed by atoms with Gasteiger partial charge in [0.25, 0.3) is 0 Å². The van der Waals surface area contributed by atoms with Gasteiger partial charge in [-0.25, -0.2) is 0 Å². The van der Waals surface area contributed by atoms with Crippen LogP contribution in [0.2, 0.25) is 0 Å². The highest BCUT2D eigenvalue weighted by molar-refractivity contribution is 9.09. The zero-order chi connectivity index (χ0) is 7.98. The van der Waals surface area contributed by atoms with Gasteiger partial charge >= 0.3 is 0 Å². The van der Waals surface area contributed by atoms with E-state index in [0.29, 0.717) is 23.3 Å². The normalized spacial score (nSPS) is 9.00. The zero-order valence-corrected chi connectivity index (χ0v) is 7.83. The fourth-order valence-corrected chi connectivity index (χ4v) is 0.796. The second kappa shape index (κ2) is 5.74. The van der Waals surface area contributed by atoms with E-state index in [0.717, 1.165) is 0 Å². The number of nitrogens with one attached hydrogen (secondary N) is 1. The number of rotatable bonds is 4. The molecule has 58 valence electrons. The van der Waals surface area contributed by atoms with Gasteiger partial charge in [0.2, 0.25) is 5.91 Å². The summed E-state index contributed by atoms with van der Waals surface area (Å²) in [7, 11) is 0. The molecule has 1 N–H and O–H groups in total. The van der Waals surface area contributed by atoms with E-state index in [-0.39, 0.29) is 5.91 Å². The topological polar surface area (TPSA) is 29.1 Å². The van der Waals surface area contributed by atoms with Crippen LogP contribution in [0.1, 0.15) is 6.42 Å². The molecule has 1 amide bonds. The van der Waals surface area contributed by atoms with Crippen molar-refractivity contribution in [2.45, 2.75) is 6.42 Å². The number of hydrogen-bond donors (Lipinski definition) is 1. The summed E-state index contributed by atoms with van der Waals surface area (Å²) in [6.45, 7) is 3.78. The first-order valence-electron chi connectivity index (χ1n) is 2.82. The van der Waals surface area contributed by atoms with Crippen LogP contribution in [-0.2, 0) is 4.79 Å². The van der Waals surface area contributed by atoms with Crippen molar-refractivity contribution in [3.63, 3.8) is 0 Å². The smallest absolute Gasteiger partial charge is 0.221 e. The van der Waals surface area contributed by atoms with Gasteiger partial charge in [0, 0.05) is 16.8 Å². The lowest BCUT2D eigenvalue weighted by Gasteiger charge is -2.00. The van der Waals surface area contributed by atoms with Gasteiger partial charge < -0.3 is 5.32 Å². The van der Waals surface area contributed by atoms with E-state index in [4.69, 9.17) is 11.6 Å². The highest BCUT2D eigenvalue weighted by Gasteiger charge is 1.97. The Morgan fingerprint density at radius 3 is 2.70 bits per heavy atom. The zero-order valence-electron chi connectivity index (χ0n) is 5.49. The Labute approximate surface area is 73.8 Å². The van der Waals surface area contributed by atoms with Gasteiger partial charge in [-0.2, -0.15) is 0 Å². The molecule has 0 aliphatic heterocycles. The van der Waals surface area contributed by atoms with Gasteiger partial charge in [0.05, 0.1) is 6.54 Å². The van der Waals surface area contributed by atoms with Crippen molar-refractivity contribution in [1.82, 2.24) is 5.32 Å². The maximum Gasteiger partial charge on any atom is 0.221 e. The first kappa shape index (κ1) is 9.98. The standard InChI is InChI=1S/C6H9BrClNO/c1-5(8)4-9-6(10)2-3-7/h1-4H2,(H,9,10). The minimum atomic E-state index is -0.0151. The third-order valence-corrected chi connectivity index (χ3v) is 1.33. The number of hydrogen-bond acceptors (Lipinski definition) is 1. The molecule has 0 saturated carbocycles. The Morgan fingerprint density at radius 1 is 1.70 bits per heavy atom. The molecule has 0 bridgehead atoms. The average molecular weight is 227 g/mol. The van der Waals surface area contributed by atoms with E-state index in [1.165, 1.54) is 0 Å². The molecule has 0 saturated heterocycles. The van der Waals surface area contributed by atoms with E-state index in [1.54, 1.807) is 0 Å². The summed E-state index contributed by atoms with van der Waals surface area (Å²) in [5, 5.41) is 3.70. The van der Waals surface area contributed by atoms with Crippen LogP contribution in [0.4, 0.5) is 0 Å². The van der Waals surface area contributed by atoms with Crippen molar-refractivity contribution in [3.8, 4) is 0 Å². The minimum Gasteiger partial charge on any atom is -0.351 e. The van der Waals surface area contributed by atoms with Gasteiger partial charge in [0.15, 0.2) is 0 Å². The Balaban J connectivity index is 3.30. The van der Waals surface area contributed by atoms with Gasteiger partial charge in [0.1, 0.15) is 0 Å². The van der Waals surface area contributed by atoms with Crippen LogP contribution in [0.3, 0.4) is 0 Å². The number of carbonyl (C=O) groups is 1. The third kappa shape index (κ3) is 6.11. The Morgan fingerprint density at radius 2 is 2.30 bits per heavy atom. The third-order valence-electron chi connectivity index (χ3n) is 0.799. The molecule has 0 spiro atoms. The molecule has 2 nitrogen and oxygen atoms in total. The Bertz CT molecular complexity index is 138. The molecule has 0 unspecified atom stereocenters. The quantitative estimate of drug-likeness (QED) is 0.726. The minimum absolute atomic E-state index is 0.0151. The van der Waals surface area contributed by atoms with Crippen LogP contribution >= 0.6 is 27.5 Å². The first-order valence-corrected chi connectivity index (χ1v) is 4.32. The van der Waals surface area contributed by atoms with Crippen molar-refractivity contribution in [2.24, 2.45) is 0 Å². The molecule has 0 rings (SSSR count). The lowest BCUT2D eigenvalue weighted by atomic mass is 10.4. The van der Waals surface area contributed by atoms with E-state index in [9.17, 15) is 4.79 Å². The van der Waals surface area contributed by atoms with E-state index < -0.39 is 0 Å². The van der Waals surface area contributed by atoms with Crippen LogP contribution in [0.5, 0.6) is 0 Å². The summed E-state index contributed by atoms with van der Waals surface area (Å²) in [6, 6.07) is 0. The molecule has 0 aliphatic carbocycles. The molecular weight excluding hydrogens is 217 g/mol. The van der Waals surface area contributed by atoms with Crippen molar-refractivity contribution in [2.75, 3.05) is 11.9 Å². The van der Waals surface area contributed by atoms with Crippen LogP contribution in [-0.4, -0.2) is 17.8 Å². The Kier molecular flexibility index (Phi) is 5.73. The molecular formula is C6H9BrClNO. The molecule has 4 heteroatoms. The Hall–Kier alpha value is -0.0200. The molecule has 0 aromatic carbocycles. The van der Waals surface area contributed by atoms with E-state index >= 15 is 0 Å². The second-order valence-electron chi connectivity index (χ2n) is 1.73. The van der Waals surface area contributed by atoms with E-state index in [2.05, 4.69) is 27.8 Å². The highest BCUT2D eigenvalue weighted by atomic mass is 79.9. The lowest BCUT2D eigenvalue weighted by molar-refractivity contribution is -0.120. The summed E-state index contributed by atoms with van der Waals surface area (Å²) in [6.07, 6.45) is 0.476. The van der Waals surface area contributed by atoms with Crippen LogP contribution < -0.4 is 5.32 Å². The molecule has 0 radical (unpaired) electrons. The van der Waals surface area contributed by atoms with Gasteiger partial charge in [-0.1, -0.05) is 34.1 Å². The number of amides is 1. The van der Waals surface area contributed by atoms with Crippen molar-refractivity contribution >= 4 is 33.4 Å². The maximum absolute atomic E-state index is 10.7. The SMILES string of the molecule is C=C(Cl)CNC(=O)CCBr. The summed E-state index contributed by atoms with van der Waals surface area (Å²) in [5.41, 5.74) is 0.